The van der Waals surface area contributed by atoms with E-state index < -0.39 is 0 Å². The maximum atomic E-state index is 12.4. The molecule has 1 aromatic heterocycles. The minimum Gasteiger partial charge on any atom is -0.375 e. The van der Waals surface area contributed by atoms with Gasteiger partial charge in [0.1, 0.15) is 0 Å². The molecule has 4 nitrogen and oxygen atoms in total. The number of para-hydroxylation sites is 1. The first-order valence-electron chi connectivity index (χ1n) is 6.51. The van der Waals surface area contributed by atoms with E-state index in [0.29, 0.717) is 16.4 Å². The first-order valence-corrected chi connectivity index (χ1v) is 8.18. The molecule has 110 valence electrons. The topological polar surface area (TPSA) is 68.0 Å². The van der Waals surface area contributed by atoms with Gasteiger partial charge in [-0.15, -0.1) is 11.3 Å². The number of nitrogen functional groups attached to an aromatic ring is 1. The number of nitrogens with zero attached hydrogens (tertiary/aromatic N) is 1. The van der Waals surface area contributed by atoms with E-state index in [1.807, 2.05) is 41.8 Å². The van der Waals surface area contributed by atoms with Gasteiger partial charge in [0.2, 0.25) is 0 Å². The van der Waals surface area contributed by atoms with Gasteiger partial charge in [-0.25, -0.2) is 4.98 Å². The molecule has 0 aliphatic rings. The molecule has 3 N–H and O–H groups in total. The Hall–Kier alpha value is -2.18. The van der Waals surface area contributed by atoms with Crippen LogP contribution in [0.25, 0.3) is 11.3 Å². The fourth-order valence-corrected chi connectivity index (χ4v) is 3.01. The van der Waals surface area contributed by atoms with Crippen LogP contribution in [0.15, 0.2) is 58.4 Å². The number of nitrogens with two attached hydrogens (primary N) is 1. The number of carbonyl (C=O) groups is 1. The second-order valence-corrected chi connectivity index (χ2v) is 6.39. The molecular weight excluding hydrogens is 362 g/mol. The Morgan fingerprint density at radius 1 is 1.18 bits per heavy atom. The lowest BCUT2D eigenvalue weighted by molar-refractivity contribution is 0.102. The molecule has 2 aromatic carbocycles. The van der Waals surface area contributed by atoms with Crippen LogP contribution in [-0.2, 0) is 0 Å². The Morgan fingerprint density at radius 2 is 2.00 bits per heavy atom. The van der Waals surface area contributed by atoms with E-state index in [0.717, 1.165) is 15.7 Å². The number of benzene rings is 2. The summed E-state index contributed by atoms with van der Waals surface area (Å²) in [5.74, 6) is -0.169. The van der Waals surface area contributed by atoms with Crippen molar-refractivity contribution in [2.75, 3.05) is 11.1 Å². The summed E-state index contributed by atoms with van der Waals surface area (Å²) in [6.07, 6.45) is 0. The number of hydrogen-bond donors (Lipinski definition) is 2. The number of anilines is 2. The Bertz CT molecular complexity index is 832. The van der Waals surface area contributed by atoms with Crippen molar-refractivity contribution in [3.63, 3.8) is 0 Å². The molecule has 1 amide bonds. The van der Waals surface area contributed by atoms with E-state index in [1.54, 1.807) is 12.1 Å². The zero-order valence-corrected chi connectivity index (χ0v) is 13.8. The average molecular weight is 374 g/mol. The molecule has 0 saturated heterocycles. The monoisotopic (exact) mass is 373 g/mol. The molecule has 3 rings (SSSR count). The van der Waals surface area contributed by atoms with Gasteiger partial charge in [-0.3, -0.25) is 4.79 Å². The molecule has 0 fully saturated rings. The third-order valence-corrected chi connectivity index (χ3v) is 4.23. The second kappa shape index (κ2) is 6.29. The summed E-state index contributed by atoms with van der Waals surface area (Å²) in [7, 11) is 0. The maximum absolute atomic E-state index is 12.4. The third kappa shape index (κ3) is 3.18. The summed E-state index contributed by atoms with van der Waals surface area (Å²) in [6.45, 7) is 0. The summed E-state index contributed by atoms with van der Waals surface area (Å²) in [4.78, 5) is 16.7. The molecule has 1 heterocycles. The number of rotatable bonds is 3. The van der Waals surface area contributed by atoms with Crippen LogP contribution in [0.2, 0.25) is 0 Å². The van der Waals surface area contributed by atoms with Crippen molar-refractivity contribution < 1.29 is 4.79 Å². The lowest BCUT2D eigenvalue weighted by Crippen LogP contribution is -2.12. The highest BCUT2D eigenvalue weighted by atomic mass is 79.9. The number of halogens is 1. The first kappa shape index (κ1) is 14.7. The molecule has 0 bridgehead atoms. The Kier molecular flexibility index (Phi) is 4.22. The highest BCUT2D eigenvalue weighted by molar-refractivity contribution is 9.10. The van der Waals surface area contributed by atoms with Gasteiger partial charge in [0, 0.05) is 21.0 Å². The highest BCUT2D eigenvalue weighted by Crippen LogP contribution is 2.30. The third-order valence-electron chi connectivity index (χ3n) is 3.06. The van der Waals surface area contributed by atoms with Crippen molar-refractivity contribution in [2.24, 2.45) is 0 Å². The summed E-state index contributed by atoms with van der Waals surface area (Å²) in [5.41, 5.74) is 8.58. The first-order chi connectivity index (χ1) is 10.6. The smallest absolute Gasteiger partial charge is 0.255 e. The van der Waals surface area contributed by atoms with Crippen LogP contribution < -0.4 is 11.1 Å². The van der Waals surface area contributed by atoms with Gasteiger partial charge in [-0.05, 0) is 24.3 Å². The molecule has 3 aromatic rings. The lowest BCUT2D eigenvalue weighted by Gasteiger charge is -2.09. The number of amides is 1. The van der Waals surface area contributed by atoms with Crippen molar-refractivity contribution in [3.8, 4) is 11.3 Å². The number of thiazole rings is 1. The Labute approximate surface area is 140 Å². The fraction of sp³-hybridized carbons (Fsp3) is 0. The van der Waals surface area contributed by atoms with E-state index in [2.05, 4.69) is 26.2 Å². The van der Waals surface area contributed by atoms with Crippen molar-refractivity contribution in [1.29, 1.82) is 0 Å². The average Bonchev–Trinajstić information content (AvgIpc) is 2.94. The van der Waals surface area contributed by atoms with Crippen LogP contribution in [0.4, 0.5) is 10.8 Å². The van der Waals surface area contributed by atoms with E-state index in [4.69, 9.17) is 5.73 Å². The summed E-state index contributed by atoms with van der Waals surface area (Å²) >= 11 is 4.74. The van der Waals surface area contributed by atoms with E-state index >= 15 is 0 Å². The van der Waals surface area contributed by atoms with Crippen molar-refractivity contribution in [1.82, 2.24) is 4.98 Å². The zero-order valence-electron chi connectivity index (χ0n) is 11.4. The molecule has 0 radical (unpaired) electrons. The molecule has 22 heavy (non-hydrogen) atoms. The highest BCUT2D eigenvalue weighted by Gasteiger charge is 2.12. The summed E-state index contributed by atoms with van der Waals surface area (Å²) < 4.78 is 0.862. The van der Waals surface area contributed by atoms with Crippen molar-refractivity contribution in [2.45, 2.75) is 0 Å². The standard InChI is InChI=1S/C16H12BrN3OS/c17-11-5-3-4-10(8-11)15(21)19-13-7-2-1-6-12(13)14-9-22-16(18)20-14/h1-9H,(H2,18,20)(H,19,21). The van der Waals surface area contributed by atoms with Crippen molar-refractivity contribution in [3.05, 3.63) is 63.9 Å². The normalized spacial score (nSPS) is 10.4. The van der Waals surface area contributed by atoms with Crippen LogP contribution in [0, 0.1) is 0 Å². The SMILES string of the molecule is Nc1nc(-c2ccccc2NC(=O)c2cccc(Br)c2)cs1. The van der Waals surface area contributed by atoms with Gasteiger partial charge in [-0.1, -0.05) is 40.2 Å². The Balaban J connectivity index is 1.91. The Morgan fingerprint density at radius 3 is 2.73 bits per heavy atom. The van der Waals surface area contributed by atoms with Crippen LogP contribution in [0.3, 0.4) is 0 Å². The minimum atomic E-state index is -0.169. The molecule has 0 atom stereocenters. The number of nitrogens with one attached hydrogen (secondary N) is 1. The molecule has 0 aliphatic carbocycles. The second-order valence-electron chi connectivity index (χ2n) is 4.58. The van der Waals surface area contributed by atoms with Gasteiger partial charge >= 0.3 is 0 Å². The van der Waals surface area contributed by atoms with Gasteiger partial charge < -0.3 is 11.1 Å². The number of hydrogen-bond acceptors (Lipinski definition) is 4. The van der Waals surface area contributed by atoms with Gasteiger partial charge in [0.15, 0.2) is 5.13 Å². The predicted molar refractivity (Wildman–Crippen MR) is 94.1 cm³/mol. The quantitative estimate of drug-likeness (QED) is 0.714. The fourth-order valence-electron chi connectivity index (χ4n) is 2.05. The lowest BCUT2D eigenvalue weighted by atomic mass is 10.1. The number of carbonyl (C=O) groups excluding carboxylic acids is 1. The zero-order chi connectivity index (χ0) is 15.5. The van der Waals surface area contributed by atoms with Gasteiger partial charge in [0.05, 0.1) is 11.4 Å². The molecule has 0 saturated carbocycles. The van der Waals surface area contributed by atoms with Crippen LogP contribution in [-0.4, -0.2) is 10.9 Å². The molecular formula is C16H12BrN3OS. The van der Waals surface area contributed by atoms with Gasteiger partial charge in [0.25, 0.3) is 5.91 Å². The largest absolute Gasteiger partial charge is 0.375 e. The van der Waals surface area contributed by atoms with Crippen LogP contribution >= 0.6 is 27.3 Å². The number of aromatic nitrogens is 1. The molecule has 0 spiro atoms. The van der Waals surface area contributed by atoms with Crippen LogP contribution in [0.1, 0.15) is 10.4 Å². The van der Waals surface area contributed by atoms with Gasteiger partial charge in [-0.2, -0.15) is 0 Å². The van der Waals surface area contributed by atoms with Crippen molar-refractivity contribution >= 4 is 44.0 Å². The van der Waals surface area contributed by atoms with E-state index in [1.165, 1.54) is 11.3 Å². The summed E-state index contributed by atoms with van der Waals surface area (Å²) in [5, 5.41) is 5.30. The molecule has 0 unspecified atom stereocenters. The van der Waals surface area contributed by atoms with E-state index in [-0.39, 0.29) is 5.91 Å². The van der Waals surface area contributed by atoms with Crippen LogP contribution in [0.5, 0.6) is 0 Å². The molecule has 6 heteroatoms. The summed E-state index contributed by atoms with van der Waals surface area (Å²) in [6, 6.07) is 14.8. The van der Waals surface area contributed by atoms with E-state index in [9.17, 15) is 4.79 Å². The predicted octanol–water partition coefficient (Wildman–Crippen LogP) is 4.41. The minimum absolute atomic E-state index is 0.169. The molecule has 0 aliphatic heterocycles. The maximum Gasteiger partial charge on any atom is 0.255 e.